The number of hydrogen-bond donors (Lipinski definition) is 3. The summed E-state index contributed by atoms with van der Waals surface area (Å²) >= 11 is 1.81. The van der Waals surface area contributed by atoms with Gasteiger partial charge in [0.1, 0.15) is 0 Å². The summed E-state index contributed by atoms with van der Waals surface area (Å²) in [6.45, 7) is 6.26. The number of rotatable bonds is 9. The highest BCUT2D eigenvalue weighted by molar-refractivity contribution is 7.99. The molecule has 0 aliphatic rings. The first-order valence-corrected chi connectivity index (χ1v) is 9.34. The van der Waals surface area contributed by atoms with Gasteiger partial charge in [0.15, 0.2) is 5.03 Å². The third kappa shape index (κ3) is 4.76. The molecule has 1 rings (SSSR count). The monoisotopic (exact) mass is 320 g/mol. The van der Waals surface area contributed by atoms with Crippen LogP contribution in [-0.4, -0.2) is 43.2 Å². The van der Waals surface area contributed by atoms with E-state index in [0.29, 0.717) is 12.1 Å². The Labute approximate surface area is 125 Å². The number of hydrogen-bond acceptors (Lipinski definition) is 5. The zero-order valence-corrected chi connectivity index (χ0v) is 14.1. The first-order chi connectivity index (χ1) is 9.42. The van der Waals surface area contributed by atoms with E-state index in [2.05, 4.69) is 27.2 Å². The molecule has 3 N–H and O–H groups in total. The van der Waals surface area contributed by atoms with E-state index in [-0.39, 0.29) is 11.1 Å². The summed E-state index contributed by atoms with van der Waals surface area (Å²) in [5, 5.41) is 9.73. The summed E-state index contributed by atoms with van der Waals surface area (Å²) in [6.07, 6.45) is 0.808. The van der Waals surface area contributed by atoms with Crippen LogP contribution in [0.1, 0.15) is 31.5 Å². The van der Waals surface area contributed by atoms with E-state index in [1.54, 1.807) is 7.05 Å². The Balaban J connectivity index is 2.78. The van der Waals surface area contributed by atoms with Crippen LogP contribution in [-0.2, 0) is 16.6 Å². The molecule has 0 spiro atoms. The van der Waals surface area contributed by atoms with Gasteiger partial charge < -0.3 is 5.32 Å². The molecule has 1 atom stereocenters. The van der Waals surface area contributed by atoms with E-state index < -0.39 is 10.0 Å². The molecule has 1 unspecified atom stereocenters. The molecule has 0 aromatic carbocycles. The number of H-pyrrole nitrogens is 1. The number of aromatic amines is 1. The number of nitrogens with one attached hydrogen (secondary N) is 3. The highest BCUT2D eigenvalue weighted by Crippen LogP contribution is 2.16. The maximum atomic E-state index is 12.4. The van der Waals surface area contributed by atoms with Gasteiger partial charge in [0.2, 0.25) is 0 Å². The normalized spacial score (nSPS) is 13.6. The molecule has 1 heterocycles. The lowest BCUT2D eigenvalue weighted by Gasteiger charge is -2.13. The molecule has 0 amide bonds. The van der Waals surface area contributed by atoms with Gasteiger partial charge in [0, 0.05) is 23.8 Å². The van der Waals surface area contributed by atoms with Crippen molar-refractivity contribution in [2.45, 2.75) is 44.8 Å². The fraction of sp³-hybridized carbons (Fsp3) is 0.750. The molecule has 1 aromatic rings. The van der Waals surface area contributed by atoms with Crippen molar-refractivity contribution in [1.82, 2.24) is 20.2 Å². The smallest absolute Gasteiger partial charge is 0.260 e. The van der Waals surface area contributed by atoms with Crippen LogP contribution >= 0.6 is 11.8 Å². The maximum Gasteiger partial charge on any atom is 0.260 e. The highest BCUT2D eigenvalue weighted by Gasteiger charge is 2.24. The molecule has 0 saturated heterocycles. The van der Waals surface area contributed by atoms with E-state index in [9.17, 15) is 8.42 Å². The van der Waals surface area contributed by atoms with Gasteiger partial charge in [-0.1, -0.05) is 6.92 Å². The summed E-state index contributed by atoms with van der Waals surface area (Å²) < 4.78 is 27.4. The maximum absolute atomic E-state index is 12.4. The fourth-order valence-corrected chi connectivity index (χ4v) is 4.10. The highest BCUT2D eigenvalue weighted by atomic mass is 32.2. The van der Waals surface area contributed by atoms with Gasteiger partial charge in [-0.2, -0.15) is 16.9 Å². The average molecular weight is 320 g/mol. The third-order valence-corrected chi connectivity index (χ3v) is 5.39. The van der Waals surface area contributed by atoms with Crippen molar-refractivity contribution in [3.05, 3.63) is 11.3 Å². The SMILES string of the molecule is CCSCCC(C)NS(=O)(=O)c1n[nH]c(C)c1CNC. The predicted molar refractivity (Wildman–Crippen MR) is 83.5 cm³/mol. The largest absolute Gasteiger partial charge is 0.316 e. The number of sulfonamides is 1. The molecule has 0 radical (unpaired) electrons. The quantitative estimate of drug-likeness (QED) is 0.596. The summed E-state index contributed by atoms with van der Waals surface area (Å²) in [4.78, 5) is 0. The molecule has 0 fully saturated rings. The van der Waals surface area contributed by atoms with E-state index in [1.165, 1.54) is 0 Å². The average Bonchev–Trinajstić information content (AvgIpc) is 2.72. The molecule has 20 heavy (non-hydrogen) atoms. The topological polar surface area (TPSA) is 86.9 Å². The van der Waals surface area contributed by atoms with Gasteiger partial charge in [0.05, 0.1) is 0 Å². The van der Waals surface area contributed by atoms with Crippen molar-refractivity contribution >= 4 is 21.8 Å². The van der Waals surface area contributed by atoms with Gasteiger partial charge >= 0.3 is 0 Å². The second-order valence-corrected chi connectivity index (χ2v) is 7.69. The Hall–Kier alpha value is -0.570. The minimum atomic E-state index is -3.57. The van der Waals surface area contributed by atoms with E-state index in [4.69, 9.17) is 0 Å². The van der Waals surface area contributed by atoms with E-state index in [0.717, 1.165) is 23.6 Å². The molecule has 6 nitrogen and oxygen atoms in total. The molecule has 0 aliphatic carbocycles. The van der Waals surface area contributed by atoms with Gasteiger partial charge in [-0.3, -0.25) is 5.10 Å². The second-order valence-electron chi connectivity index (χ2n) is 4.67. The minimum absolute atomic E-state index is 0.0966. The van der Waals surface area contributed by atoms with Crippen molar-refractivity contribution in [1.29, 1.82) is 0 Å². The van der Waals surface area contributed by atoms with E-state index >= 15 is 0 Å². The van der Waals surface area contributed by atoms with Crippen molar-refractivity contribution in [3.8, 4) is 0 Å². The summed E-state index contributed by atoms with van der Waals surface area (Å²) in [7, 11) is -1.79. The van der Waals surface area contributed by atoms with Crippen LogP contribution in [0.3, 0.4) is 0 Å². The van der Waals surface area contributed by atoms with Crippen LogP contribution in [0.2, 0.25) is 0 Å². The summed E-state index contributed by atoms with van der Waals surface area (Å²) in [5.41, 5.74) is 1.46. The minimum Gasteiger partial charge on any atom is -0.316 e. The van der Waals surface area contributed by atoms with Crippen LogP contribution in [0.5, 0.6) is 0 Å². The Morgan fingerprint density at radius 2 is 2.15 bits per heavy atom. The molecule has 0 bridgehead atoms. The molecular formula is C12H24N4O2S2. The van der Waals surface area contributed by atoms with Gasteiger partial charge in [-0.25, -0.2) is 13.1 Å². The van der Waals surface area contributed by atoms with Crippen LogP contribution in [0.4, 0.5) is 0 Å². The predicted octanol–water partition coefficient (Wildman–Crippen LogP) is 1.25. The third-order valence-electron chi connectivity index (χ3n) is 2.90. The first kappa shape index (κ1) is 17.5. The second kappa shape index (κ2) is 8.02. The fourth-order valence-electron chi connectivity index (χ4n) is 1.82. The Bertz CT molecular complexity index is 514. The van der Waals surface area contributed by atoms with Crippen LogP contribution in [0, 0.1) is 6.92 Å². The summed E-state index contributed by atoms with van der Waals surface area (Å²) in [6, 6.07) is -0.0986. The van der Waals surface area contributed by atoms with Gasteiger partial charge in [-0.05, 0) is 38.8 Å². The number of nitrogens with zero attached hydrogens (tertiary/aromatic N) is 1. The van der Waals surface area contributed by atoms with Crippen molar-refractivity contribution in [2.75, 3.05) is 18.6 Å². The molecule has 0 saturated carbocycles. The van der Waals surface area contributed by atoms with Crippen LogP contribution < -0.4 is 10.0 Å². The molecule has 116 valence electrons. The Morgan fingerprint density at radius 3 is 2.75 bits per heavy atom. The van der Waals surface area contributed by atoms with Crippen molar-refractivity contribution in [3.63, 3.8) is 0 Å². The zero-order chi connectivity index (χ0) is 15.2. The number of thioether (sulfide) groups is 1. The lowest BCUT2D eigenvalue weighted by Crippen LogP contribution is -2.34. The Morgan fingerprint density at radius 1 is 1.45 bits per heavy atom. The molecule has 0 aliphatic heterocycles. The van der Waals surface area contributed by atoms with Crippen molar-refractivity contribution < 1.29 is 8.42 Å². The molecule has 1 aromatic heterocycles. The number of aromatic nitrogens is 2. The lowest BCUT2D eigenvalue weighted by molar-refractivity contribution is 0.551. The Kier molecular flexibility index (Phi) is 7.01. The van der Waals surface area contributed by atoms with Crippen molar-refractivity contribution in [2.24, 2.45) is 0 Å². The first-order valence-electron chi connectivity index (χ1n) is 6.70. The summed E-state index contributed by atoms with van der Waals surface area (Å²) in [5.74, 6) is 1.99. The molecular weight excluding hydrogens is 296 g/mol. The number of aryl methyl sites for hydroxylation is 1. The van der Waals surface area contributed by atoms with Gasteiger partial charge in [-0.15, -0.1) is 0 Å². The van der Waals surface area contributed by atoms with E-state index in [1.807, 2.05) is 25.6 Å². The molecule has 8 heteroatoms. The van der Waals surface area contributed by atoms with Gasteiger partial charge in [0.25, 0.3) is 10.0 Å². The van der Waals surface area contributed by atoms with Crippen LogP contribution in [0.25, 0.3) is 0 Å². The standard InChI is InChI=1S/C12H24N4O2S2/c1-5-19-7-6-9(2)16-20(17,18)12-11(8-13-4)10(3)14-15-12/h9,13,16H,5-8H2,1-4H3,(H,14,15). The van der Waals surface area contributed by atoms with Crippen LogP contribution in [0.15, 0.2) is 5.03 Å². The lowest BCUT2D eigenvalue weighted by atomic mass is 10.3. The zero-order valence-electron chi connectivity index (χ0n) is 12.5.